The summed E-state index contributed by atoms with van der Waals surface area (Å²) in [5.74, 6) is 1.00. The van der Waals surface area contributed by atoms with Gasteiger partial charge < -0.3 is 20.3 Å². The summed E-state index contributed by atoms with van der Waals surface area (Å²) < 4.78 is 7.11. The van der Waals surface area contributed by atoms with Crippen LogP contribution in [0.25, 0.3) is 16.9 Å². The number of aromatic nitrogens is 4. The van der Waals surface area contributed by atoms with E-state index in [1.54, 1.807) is 51.9 Å². The smallest absolute Gasteiger partial charge is 0.274 e. The number of carbonyl (C=O) groups is 1. The third-order valence-electron chi connectivity index (χ3n) is 5.78. The highest BCUT2D eigenvalue weighted by Crippen LogP contribution is 2.31. The average molecular weight is 537 g/mol. The molecule has 1 saturated heterocycles. The zero-order valence-corrected chi connectivity index (χ0v) is 21.1. The molecule has 0 spiro atoms. The molecule has 0 bridgehead atoms. The third kappa shape index (κ3) is 5.59. The molecule has 4 aromatic rings. The van der Waals surface area contributed by atoms with Gasteiger partial charge in [-0.3, -0.25) is 9.20 Å². The van der Waals surface area contributed by atoms with Gasteiger partial charge in [0.15, 0.2) is 0 Å². The first-order valence-corrected chi connectivity index (χ1v) is 12.3. The predicted molar refractivity (Wildman–Crippen MR) is 141 cm³/mol. The number of nitrogens with one attached hydrogen (secondary N) is 2. The Bertz CT molecular complexity index is 1480. The van der Waals surface area contributed by atoms with Gasteiger partial charge >= 0.3 is 0 Å². The predicted octanol–water partition coefficient (Wildman–Crippen LogP) is 3.97. The third-order valence-corrected chi connectivity index (χ3v) is 6.33. The van der Waals surface area contributed by atoms with Crippen LogP contribution in [-0.4, -0.2) is 69.6 Å². The molecule has 4 heterocycles. The molecule has 0 radical (unpaired) electrons. The second-order valence-corrected chi connectivity index (χ2v) is 9.09. The van der Waals surface area contributed by atoms with Crippen molar-refractivity contribution in [3.8, 4) is 17.3 Å². The zero-order valence-electron chi connectivity index (χ0n) is 19.6. The molecule has 3 aromatic heterocycles. The lowest BCUT2D eigenvalue weighted by atomic mass is 10.1. The minimum atomic E-state index is -0.155. The summed E-state index contributed by atoms with van der Waals surface area (Å²) in [6, 6.07) is 12.5. The van der Waals surface area contributed by atoms with Crippen LogP contribution in [0.1, 0.15) is 16.1 Å². The first-order chi connectivity index (χ1) is 18.0. The van der Waals surface area contributed by atoms with Crippen LogP contribution in [0.5, 0.6) is 0 Å². The topological polar surface area (TPSA) is 120 Å². The molecular formula is C25H22Cl2N8O2. The van der Waals surface area contributed by atoms with E-state index in [-0.39, 0.29) is 5.91 Å². The average Bonchev–Trinajstić information content (AvgIpc) is 3.36. The lowest BCUT2D eigenvalue weighted by Gasteiger charge is -2.25. The maximum Gasteiger partial charge on any atom is 0.274 e. The van der Waals surface area contributed by atoms with Gasteiger partial charge in [0, 0.05) is 55.2 Å². The van der Waals surface area contributed by atoms with Gasteiger partial charge in [-0.15, -0.1) is 0 Å². The summed E-state index contributed by atoms with van der Waals surface area (Å²) >= 11 is 12.5. The highest BCUT2D eigenvalue weighted by atomic mass is 35.5. The van der Waals surface area contributed by atoms with Crippen molar-refractivity contribution >= 4 is 46.5 Å². The number of amides is 1. The quantitative estimate of drug-likeness (QED) is 0.340. The van der Waals surface area contributed by atoms with Crippen LogP contribution in [0, 0.1) is 11.3 Å². The Morgan fingerprint density at radius 3 is 2.62 bits per heavy atom. The molecule has 10 nitrogen and oxygen atoms in total. The number of anilines is 2. The van der Waals surface area contributed by atoms with E-state index < -0.39 is 0 Å². The molecule has 2 N–H and O–H groups in total. The Morgan fingerprint density at radius 2 is 1.89 bits per heavy atom. The van der Waals surface area contributed by atoms with E-state index in [0.29, 0.717) is 89.4 Å². The Hall–Kier alpha value is -3.91. The number of nitrogens with zero attached hydrogens (tertiary/aromatic N) is 6. The van der Waals surface area contributed by atoms with E-state index in [1.165, 1.54) is 6.20 Å². The van der Waals surface area contributed by atoms with Crippen molar-refractivity contribution in [2.75, 3.05) is 50.0 Å². The summed E-state index contributed by atoms with van der Waals surface area (Å²) in [6.45, 7) is 3.09. The van der Waals surface area contributed by atoms with Crippen LogP contribution in [0.2, 0.25) is 10.0 Å². The van der Waals surface area contributed by atoms with E-state index in [9.17, 15) is 4.79 Å². The number of imidazole rings is 1. The number of fused-ring (bicyclic) bond motifs is 1. The molecule has 12 heteroatoms. The number of carbonyl (C=O) groups excluding carboxylic acids is 1. The van der Waals surface area contributed by atoms with E-state index in [2.05, 4.69) is 20.6 Å². The van der Waals surface area contributed by atoms with E-state index in [4.69, 9.17) is 38.2 Å². The molecule has 0 saturated carbocycles. The molecule has 1 aromatic carbocycles. The van der Waals surface area contributed by atoms with Crippen LogP contribution < -0.4 is 10.6 Å². The van der Waals surface area contributed by atoms with Gasteiger partial charge in [-0.25, -0.2) is 15.0 Å². The largest absolute Gasteiger partial charge is 0.378 e. The van der Waals surface area contributed by atoms with Crippen molar-refractivity contribution < 1.29 is 9.53 Å². The Balaban J connectivity index is 1.42. The number of rotatable bonds is 7. The molecule has 5 rings (SSSR count). The molecule has 1 amide bonds. The fraction of sp³-hybridized carbons (Fsp3) is 0.240. The van der Waals surface area contributed by atoms with Gasteiger partial charge in [0.2, 0.25) is 5.95 Å². The number of hydrogen-bond acceptors (Lipinski definition) is 8. The second kappa shape index (κ2) is 11.0. The minimum Gasteiger partial charge on any atom is -0.378 e. The normalized spacial score (nSPS) is 13.4. The molecule has 0 aliphatic carbocycles. The number of pyridine rings is 1. The van der Waals surface area contributed by atoms with Gasteiger partial charge in [0.25, 0.3) is 5.91 Å². The molecule has 37 heavy (non-hydrogen) atoms. The van der Waals surface area contributed by atoms with Gasteiger partial charge in [-0.05, 0) is 30.3 Å². The highest BCUT2D eigenvalue weighted by molar-refractivity contribution is 6.36. The molecule has 1 fully saturated rings. The van der Waals surface area contributed by atoms with E-state index in [1.807, 2.05) is 6.07 Å². The van der Waals surface area contributed by atoms with Crippen molar-refractivity contribution in [2.24, 2.45) is 0 Å². The van der Waals surface area contributed by atoms with Crippen LogP contribution in [-0.2, 0) is 4.74 Å². The summed E-state index contributed by atoms with van der Waals surface area (Å²) in [4.78, 5) is 28.4. The standard InChI is InChI=1S/C25H22Cl2N8O2/c26-17-2-3-18(19(27)11-17)20-12-23-32-21(24(36)34-7-9-37-10-8-34)15-35(23)25(33-20)30-6-5-29-22-4-1-16(13-28)14-31-22/h1-4,11-12,14-15H,5-10H2,(H,29,31)(H,30,33). The summed E-state index contributed by atoms with van der Waals surface area (Å²) in [5.41, 5.74) is 2.66. The van der Waals surface area contributed by atoms with Crippen molar-refractivity contribution in [1.82, 2.24) is 24.3 Å². The molecule has 1 aliphatic rings. The van der Waals surface area contributed by atoms with Crippen LogP contribution in [0.15, 0.2) is 48.8 Å². The summed E-state index contributed by atoms with van der Waals surface area (Å²) in [5, 5.41) is 16.4. The van der Waals surface area contributed by atoms with E-state index in [0.717, 1.165) is 0 Å². The van der Waals surface area contributed by atoms with E-state index >= 15 is 0 Å². The van der Waals surface area contributed by atoms with Gasteiger partial charge in [-0.1, -0.05) is 23.2 Å². The number of halogens is 2. The summed E-state index contributed by atoms with van der Waals surface area (Å²) in [6.07, 6.45) is 3.20. The van der Waals surface area contributed by atoms with Gasteiger partial charge in [-0.2, -0.15) is 5.26 Å². The fourth-order valence-electron chi connectivity index (χ4n) is 3.91. The number of benzene rings is 1. The number of ether oxygens (including phenoxy) is 1. The van der Waals surface area contributed by atoms with Crippen LogP contribution in [0.3, 0.4) is 0 Å². The summed E-state index contributed by atoms with van der Waals surface area (Å²) in [7, 11) is 0. The molecule has 1 aliphatic heterocycles. The minimum absolute atomic E-state index is 0.155. The van der Waals surface area contributed by atoms with Gasteiger partial charge in [0.05, 0.1) is 29.5 Å². The molecule has 0 atom stereocenters. The SMILES string of the molecule is N#Cc1ccc(NCCNc2nc(-c3ccc(Cl)cc3Cl)cc3nc(C(=O)N4CCOCC4)cn23)nc1. The molecule has 0 unspecified atom stereocenters. The highest BCUT2D eigenvalue weighted by Gasteiger charge is 2.22. The zero-order chi connectivity index (χ0) is 25.8. The lowest BCUT2D eigenvalue weighted by molar-refractivity contribution is 0.0299. The second-order valence-electron chi connectivity index (χ2n) is 8.25. The molecular weight excluding hydrogens is 515 g/mol. The Labute approximate surface area is 222 Å². The number of nitriles is 1. The van der Waals surface area contributed by atoms with Crippen molar-refractivity contribution in [3.05, 3.63) is 70.1 Å². The first-order valence-electron chi connectivity index (χ1n) is 11.6. The monoisotopic (exact) mass is 536 g/mol. The Morgan fingerprint density at radius 1 is 1.08 bits per heavy atom. The maximum atomic E-state index is 13.1. The number of morpholine rings is 1. The van der Waals surface area contributed by atoms with Crippen molar-refractivity contribution in [2.45, 2.75) is 0 Å². The van der Waals surface area contributed by atoms with Crippen LogP contribution in [0.4, 0.5) is 11.8 Å². The lowest BCUT2D eigenvalue weighted by Crippen LogP contribution is -2.40. The van der Waals surface area contributed by atoms with Crippen molar-refractivity contribution in [3.63, 3.8) is 0 Å². The van der Waals surface area contributed by atoms with Crippen molar-refractivity contribution in [1.29, 1.82) is 5.26 Å². The fourth-order valence-corrected chi connectivity index (χ4v) is 4.41. The van der Waals surface area contributed by atoms with Gasteiger partial charge in [0.1, 0.15) is 23.2 Å². The molecule has 188 valence electrons. The Kier molecular flexibility index (Phi) is 7.37. The first kappa shape index (κ1) is 24.8. The maximum absolute atomic E-state index is 13.1. The number of hydrogen-bond donors (Lipinski definition) is 2. The van der Waals surface area contributed by atoms with Crippen LogP contribution >= 0.6 is 23.2 Å².